The van der Waals surface area contributed by atoms with E-state index in [2.05, 4.69) is 15.0 Å². The van der Waals surface area contributed by atoms with Crippen molar-refractivity contribution in [2.75, 3.05) is 46.5 Å². The number of aryl methyl sites for hydroxylation is 1. The Balaban J connectivity index is 1.56. The summed E-state index contributed by atoms with van der Waals surface area (Å²) in [7, 11) is 2.03. The first-order chi connectivity index (χ1) is 11.0. The smallest absolute Gasteiger partial charge is 0.150 e. The van der Waals surface area contributed by atoms with Crippen LogP contribution in [0.15, 0.2) is 10.6 Å². The Morgan fingerprint density at radius 3 is 2.87 bits per heavy atom. The van der Waals surface area contributed by atoms with E-state index in [4.69, 9.17) is 9.26 Å². The molecule has 2 aliphatic heterocycles. The number of likely N-dealkylation sites (tertiary alicyclic amines) is 1. The van der Waals surface area contributed by atoms with Crippen molar-refractivity contribution in [2.45, 2.75) is 32.1 Å². The van der Waals surface area contributed by atoms with E-state index >= 15 is 0 Å². The molecular formula is C16H26FN3O3. The number of rotatable bonds is 7. The van der Waals surface area contributed by atoms with Gasteiger partial charge in [-0.25, -0.2) is 4.39 Å². The van der Waals surface area contributed by atoms with Crippen molar-refractivity contribution in [3.63, 3.8) is 0 Å². The lowest BCUT2D eigenvalue weighted by Gasteiger charge is -2.43. The van der Waals surface area contributed by atoms with Crippen LogP contribution in [0, 0.1) is 12.3 Å². The van der Waals surface area contributed by atoms with Crippen molar-refractivity contribution in [1.29, 1.82) is 0 Å². The van der Waals surface area contributed by atoms with E-state index in [0.29, 0.717) is 32.7 Å². The predicted octanol–water partition coefficient (Wildman–Crippen LogP) is 0.836. The Labute approximate surface area is 136 Å². The maximum Gasteiger partial charge on any atom is 0.150 e. The molecule has 1 aromatic heterocycles. The number of alkyl halides is 1. The average molecular weight is 327 g/mol. The van der Waals surface area contributed by atoms with Gasteiger partial charge in [0.1, 0.15) is 6.17 Å². The van der Waals surface area contributed by atoms with Gasteiger partial charge in [-0.05, 0) is 20.4 Å². The van der Waals surface area contributed by atoms with Gasteiger partial charge in [0.2, 0.25) is 0 Å². The van der Waals surface area contributed by atoms with Gasteiger partial charge in [-0.2, -0.15) is 0 Å². The fourth-order valence-corrected chi connectivity index (χ4v) is 3.62. The molecule has 0 spiro atoms. The lowest BCUT2D eigenvalue weighted by Crippen LogP contribution is -2.54. The zero-order valence-electron chi connectivity index (χ0n) is 13.9. The summed E-state index contributed by atoms with van der Waals surface area (Å²) in [5, 5.41) is 13.4. The molecule has 0 unspecified atom stereocenters. The van der Waals surface area contributed by atoms with Crippen LogP contribution in [0.25, 0.3) is 0 Å². The summed E-state index contributed by atoms with van der Waals surface area (Å²) in [6, 6.07) is 2.05. The van der Waals surface area contributed by atoms with Crippen molar-refractivity contribution in [3.8, 4) is 0 Å². The van der Waals surface area contributed by atoms with Crippen LogP contribution in [-0.2, 0) is 11.3 Å². The van der Waals surface area contributed by atoms with E-state index in [0.717, 1.165) is 24.5 Å². The summed E-state index contributed by atoms with van der Waals surface area (Å²) in [5.74, 6) is 0.781. The summed E-state index contributed by atoms with van der Waals surface area (Å²) in [4.78, 5) is 4.31. The van der Waals surface area contributed by atoms with Crippen LogP contribution in [0.1, 0.15) is 17.9 Å². The fraction of sp³-hybridized carbons (Fsp3) is 0.812. The molecule has 0 aliphatic carbocycles. The van der Waals surface area contributed by atoms with Gasteiger partial charge in [0, 0.05) is 31.7 Å². The molecule has 3 heterocycles. The third-order valence-corrected chi connectivity index (χ3v) is 4.79. The number of aliphatic hydroxyl groups is 1. The van der Waals surface area contributed by atoms with Gasteiger partial charge in [-0.15, -0.1) is 0 Å². The lowest BCUT2D eigenvalue weighted by atomic mass is 9.86. The molecule has 2 atom stereocenters. The van der Waals surface area contributed by atoms with Crippen molar-refractivity contribution in [2.24, 2.45) is 5.41 Å². The molecule has 7 heteroatoms. The average Bonchev–Trinajstić information content (AvgIpc) is 3.01. The Bertz CT molecular complexity index is 515. The number of nitrogens with zero attached hydrogens (tertiary/aromatic N) is 3. The summed E-state index contributed by atoms with van der Waals surface area (Å²) >= 11 is 0. The fourth-order valence-electron chi connectivity index (χ4n) is 3.62. The molecule has 6 nitrogen and oxygen atoms in total. The first kappa shape index (κ1) is 16.8. The van der Waals surface area contributed by atoms with Gasteiger partial charge in [0.15, 0.2) is 5.76 Å². The summed E-state index contributed by atoms with van der Waals surface area (Å²) < 4.78 is 24.4. The van der Waals surface area contributed by atoms with E-state index in [1.807, 2.05) is 20.0 Å². The van der Waals surface area contributed by atoms with E-state index in [1.165, 1.54) is 0 Å². The predicted molar refractivity (Wildman–Crippen MR) is 82.8 cm³/mol. The van der Waals surface area contributed by atoms with Crippen LogP contribution in [0.2, 0.25) is 0 Å². The van der Waals surface area contributed by atoms with Gasteiger partial charge in [0.25, 0.3) is 0 Å². The van der Waals surface area contributed by atoms with E-state index < -0.39 is 6.17 Å². The van der Waals surface area contributed by atoms with Gasteiger partial charge >= 0.3 is 0 Å². The Hall–Kier alpha value is -1.02. The van der Waals surface area contributed by atoms with Gasteiger partial charge in [0.05, 0.1) is 37.5 Å². The van der Waals surface area contributed by atoms with Gasteiger partial charge < -0.3 is 19.3 Å². The lowest BCUT2D eigenvalue weighted by molar-refractivity contribution is -0.147. The zero-order valence-corrected chi connectivity index (χ0v) is 13.9. The molecule has 0 saturated carbocycles. The first-order valence-electron chi connectivity index (χ1n) is 8.17. The number of halogens is 1. The number of aromatic nitrogens is 1. The van der Waals surface area contributed by atoms with Crippen molar-refractivity contribution in [1.82, 2.24) is 15.0 Å². The molecule has 1 N–H and O–H groups in total. The number of aliphatic hydroxyl groups excluding tert-OH is 1. The third kappa shape index (κ3) is 3.91. The quantitative estimate of drug-likeness (QED) is 0.801. The SMILES string of the molecule is Cc1cc(CN2C[C@@H](F)C[C@H]2CN(C)CC2(CO)COC2)on1. The molecule has 0 amide bonds. The second-order valence-corrected chi connectivity index (χ2v) is 7.20. The van der Waals surface area contributed by atoms with Gasteiger partial charge in [-0.1, -0.05) is 5.16 Å². The molecule has 1 aromatic rings. The molecule has 0 radical (unpaired) electrons. The third-order valence-electron chi connectivity index (χ3n) is 4.79. The highest BCUT2D eigenvalue weighted by Gasteiger charge is 2.40. The maximum atomic E-state index is 13.9. The Morgan fingerprint density at radius 1 is 1.52 bits per heavy atom. The van der Waals surface area contributed by atoms with Crippen LogP contribution >= 0.6 is 0 Å². The second-order valence-electron chi connectivity index (χ2n) is 7.20. The van der Waals surface area contributed by atoms with E-state index in [-0.39, 0.29) is 18.1 Å². The topological polar surface area (TPSA) is 62.0 Å². The molecule has 23 heavy (non-hydrogen) atoms. The molecule has 2 aliphatic rings. The normalized spacial score (nSPS) is 27.5. The minimum absolute atomic E-state index is 0.134. The van der Waals surface area contributed by atoms with Crippen LogP contribution in [-0.4, -0.2) is 78.8 Å². The highest BCUT2D eigenvalue weighted by atomic mass is 19.1. The van der Waals surface area contributed by atoms with Gasteiger partial charge in [-0.3, -0.25) is 4.90 Å². The maximum absolute atomic E-state index is 13.9. The van der Waals surface area contributed by atoms with Crippen molar-refractivity contribution < 1.29 is 18.8 Å². The molecule has 0 aromatic carbocycles. The molecule has 3 rings (SSSR count). The summed E-state index contributed by atoms with van der Waals surface area (Å²) in [6.45, 7) is 5.79. The Kier molecular flexibility index (Phi) is 5.01. The number of ether oxygens (including phenoxy) is 1. The van der Waals surface area contributed by atoms with E-state index in [1.54, 1.807) is 0 Å². The molecule has 2 fully saturated rings. The number of likely N-dealkylation sites (N-methyl/N-ethyl adjacent to an activating group) is 1. The monoisotopic (exact) mass is 327 g/mol. The van der Waals surface area contributed by atoms with Crippen LogP contribution in [0.3, 0.4) is 0 Å². The summed E-state index contributed by atoms with van der Waals surface area (Å²) in [5.41, 5.74) is 0.703. The minimum Gasteiger partial charge on any atom is -0.396 e. The van der Waals surface area contributed by atoms with E-state index in [9.17, 15) is 9.50 Å². The van der Waals surface area contributed by atoms with Crippen LogP contribution in [0.4, 0.5) is 4.39 Å². The standard InChI is InChI=1S/C16H26FN3O3/c1-12-3-15(23-18-12)7-20-5-13(17)4-14(20)6-19(2)8-16(9-21)10-22-11-16/h3,13-14,21H,4-11H2,1-2H3/t13-,14-/m0/s1. The van der Waals surface area contributed by atoms with Crippen LogP contribution < -0.4 is 0 Å². The molecular weight excluding hydrogens is 301 g/mol. The largest absolute Gasteiger partial charge is 0.396 e. The van der Waals surface area contributed by atoms with Crippen LogP contribution in [0.5, 0.6) is 0 Å². The Morgan fingerprint density at radius 2 is 2.30 bits per heavy atom. The minimum atomic E-state index is -0.795. The highest BCUT2D eigenvalue weighted by Crippen LogP contribution is 2.29. The molecule has 130 valence electrons. The summed E-state index contributed by atoms with van der Waals surface area (Å²) in [6.07, 6.45) is -0.253. The number of hydrogen-bond acceptors (Lipinski definition) is 6. The highest BCUT2D eigenvalue weighted by molar-refractivity contribution is 5.04. The first-order valence-corrected chi connectivity index (χ1v) is 8.17. The number of hydrogen-bond donors (Lipinski definition) is 1. The van der Waals surface area contributed by atoms with Crippen molar-refractivity contribution >= 4 is 0 Å². The van der Waals surface area contributed by atoms with Crippen molar-refractivity contribution in [3.05, 3.63) is 17.5 Å². The molecule has 0 bridgehead atoms. The second kappa shape index (κ2) is 6.84. The molecule has 2 saturated heterocycles. The zero-order chi connectivity index (χ0) is 16.4.